The van der Waals surface area contributed by atoms with E-state index >= 15 is 0 Å². The summed E-state index contributed by atoms with van der Waals surface area (Å²) in [4.78, 5) is 13.0. The van der Waals surface area contributed by atoms with E-state index in [2.05, 4.69) is 30.4 Å². The number of hydrogen-bond donors (Lipinski definition) is 1. The second-order valence-electron chi connectivity index (χ2n) is 7.49. The molecule has 6 heteroatoms. The lowest BCUT2D eigenvalue weighted by Gasteiger charge is -2.25. The van der Waals surface area contributed by atoms with E-state index in [1.54, 1.807) is 25.1 Å². The first-order valence-electron chi connectivity index (χ1n) is 9.79. The van der Waals surface area contributed by atoms with Crippen LogP contribution in [0.5, 0.6) is 0 Å². The van der Waals surface area contributed by atoms with Crippen molar-refractivity contribution in [1.82, 2.24) is 5.32 Å². The van der Waals surface area contributed by atoms with Crippen molar-refractivity contribution in [3.8, 4) is 0 Å². The molecule has 0 saturated carbocycles. The number of nitrogens with zero attached hydrogens (tertiary/aromatic N) is 1. The number of rotatable bonds is 6. The molecule has 1 atom stereocenters. The van der Waals surface area contributed by atoms with Crippen LogP contribution in [0.1, 0.15) is 24.5 Å². The van der Waals surface area contributed by atoms with Crippen LogP contribution >= 0.6 is 0 Å². The predicted molar refractivity (Wildman–Crippen MR) is 116 cm³/mol. The van der Waals surface area contributed by atoms with Crippen LogP contribution in [0, 0.1) is 6.92 Å². The smallest absolute Gasteiger partial charge is 0.265 e. The number of hydrogen-bond acceptors (Lipinski definition) is 3. The zero-order valence-corrected chi connectivity index (χ0v) is 17.4. The molecule has 1 heterocycles. The summed E-state index contributed by atoms with van der Waals surface area (Å²) in [5.74, 6) is -0.289. The van der Waals surface area contributed by atoms with Gasteiger partial charge in [0.2, 0.25) is 5.91 Å². The Hall–Kier alpha value is -2.86. The molecule has 29 heavy (non-hydrogen) atoms. The number of carbonyl (C=O) groups excluding carboxylic acids is 1. The minimum Gasteiger partial charge on any atom is -0.354 e. The van der Waals surface area contributed by atoms with Gasteiger partial charge < -0.3 is 5.32 Å². The Kier molecular flexibility index (Phi) is 5.04. The van der Waals surface area contributed by atoms with Crippen molar-refractivity contribution in [2.45, 2.75) is 37.6 Å². The van der Waals surface area contributed by atoms with Crippen molar-refractivity contribution in [2.75, 3.05) is 10.8 Å². The van der Waals surface area contributed by atoms with Gasteiger partial charge in [-0.1, -0.05) is 54.1 Å². The van der Waals surface area contributed by atoms with Gasteiger partial charge in [-0.15, -0.1) is 0 Å². The first kappa shape index (κ1) is 19.5. The molecule has 5 nitrogen and oxygen atoms in total. The van der Waals surface area contributed by atoms with Crippen LogP contribution in [0.3, 0.4) is 0 Å². The van der Waals surface area contributed by atoms with Gasteiger partial charge in [0, 0.05) is 11.9 Å². The van der Waals surface area contributed by atoms with Crippen molar-refractivity contribution in [3.63, 3.8) is 0 Å². The number of aryl methyl sites for hydroxylation is 2. The summed E-state index contributed by atoms with van der Waals surface area (Å²) in [6.45, 7) is 4.20. The molecule has 0 aromatic heterocycles. The molecule has 0 spiro atoms. The maximum absolute atomic E-state index is 13.1. The minimum absolute atomic E-state index is 0.268. The van der Waals surface area contributed by atoms with Crippen LogP contribution in [0.2, 0.25) is 0 Å². The molecule has 1 amide bonds. The maximum Gasteiger partial charge on any atom is 0.265 e. The highest BCUT2D eigenvalue weighted by atomic mass is 32.2. The molecule has 1 aliphatic heterocycles. The van der Waals surface area contributed by atoms with E-state index in [0.29, 0.717) is 17.6 Å². The molecule has 0 fully saturated rings. The van der Waals surface area contributed by atoms with E-state index in [1.807, 2.05) is 24.3 Å². The molecule has 0 saturated heterocycles. The lowest BCUT2D eigenvalue weighted by Crippen LogP contribution is -2.47. The van der Waals surface area contributed by atoms with Gasteiger partial charge in [0.1, 0.15) is 6.04 Å². The van der Waals surface area contributed by atoms with Gasteiger partial charge >= 0.3 is 0 Å². The lowest BCUT2D eigenvalue weighted by molar-refractivity contribution is -0.121. The number of anilines is 1. The molecule has 3 aromatic rings. The third-order valence-electron chi connectivity index (χ3n) is 5.37. The SMILES string of the molecule is Cc1cccc(CCCNC(=O)[C@H](C)N2c3cccc4cccc(c34)S2(=O)=O)c1. The molecule has 1 aliphatic rings. The van der Waals surface area contributed by atoms with Crippen LogP contribution < -0.4 is 9.62 Å². The average Bonchev–Trinajstić information content (AvgIpc) is 2.93. The molecule has 0 unspecified atom stereocenters. The summed E-state index contributed by atoms with van der Waals surface area (Å²) in [6.07, 6.45) is 1.66. The summed E-state index contributed by atoms with van der Waals surface area (Å²) in [7, 11) is -3.75. The Balaban J connectivity index is 1.46. The van der Waals surface area contributed by atoms with Gasteiger partial charge in [0.05, 0.1) is 10.6 Å². The van der Waals surface area contributed by atoms with Gasteiger partial charge in [-0.25, -0.2) is 8.42 Å². The van der Waals surface area contributed by atoms with Crippen LogP contribution in [-0.2, 0) is 21.2 Å². The van der Waals surface area contributed by atoms with Crippen LogP contribution in [0.25, 0.3) is 10.8 Å². The quantitative estimate of drug-likeness (QED) is 0.631. The molecule has 0 aliphatic carbocycles. The summed E-state index contributed by atoms with van der Waals surface area (Å²) in [5.41, 5.74) is 3.02. The maximum atomic E-state index is 13.1. The van der Waals surface area contributed by atoms with Gasteiger partial charge in [-0.2, -0.15) is 0 Å². The first-order valence-corrected chi connectivity index (χ1v) is 11.2. The van der Waals surface area contributed by atoms with Crippen molar-refractivity contribution < 1.29 is 13.2 Å². The van der Waals surface area contributed by atoms with Crippen molar-refractivity contribution in [2.24, 2.45) is 0 Å². The number of nitrogens with one attached hydrogen (secondary N) is 1. The highest BCUT2D eigenvalue weighted by Gasteiger charge is 2.40. The number of sulfonamides is 1. The molecule has 3 aromatic carbocycles. The van der Waals surface area contributed by atoms with Gasteiger partial charge in [-0.05, 0) is 49.8 Å². The van der Waals surface area contributed by atoms with Crippen LogP contribution in [0.4, 0.5) is 5.69 Å². The highest BCUT2D eigenvalue weighted by molar-refractivity contribution is 7.93. The van der Waals surface area contributed by atoms with E-state index in [-0.39, 0.29) is 10.8 Å². The topological polar surface area (TPSA) is 66.5 Å². The Bertz CT molecular complexity index is 1180. The fraction of sp³-hybridized carbons (Fsp3) is 0.261. The lowest BCUT2D eigenvalue weighted by atomic mass is 10.1. The Labute approximate surface area is 171 Å². The van der Waals surface area contributed by atoms with E-state index in [1.165, 1.54) is 15.4 Å². The summed E-state index contributed by atoms with van der Waals surface area (Å²) >= 11 is 0. The first-order chi connectivity index (χ1) is 13.9. The molecule has 4 rings (SSSR count). The molecule has 0 bridgehead atoms. The molecule has 1 N–H and O–H groups in total. The van der Waals surface area contributed by atoms with E-state index in [0.717, 1.165) is 18.2 Å². The fourth-order valence-electron chi connectivity index (χ4n) is 3.96. The third kappa shape index (κ3) is 3.49. The van der Waals surface area contributed by atoms with Crippen LogP contribution in [0.15, 0.2) is 65.6 Å². The van der Waals surface area contributed by atoms with E-state index in [9.17, 15) is 13.2 Å². The van der Waals surface area contributed by atoms with Crippen LogP contribution in [-0.4, -0.2) is 26.9 Å². The van der Waals surface area contributed by atoms with E-state index in [4.69, 9.17) is 0 Å². The Morgan fingerprint density at radius 3 is 2.55 bits per heavy atom. The van der Waals surface area contributed by atoms with Crippen molar-refractivity contribution in [1.29, 1.82) is 0 Å². The monoisotopic (exact) mass is 408 g/mol. The molecule has 0 radical (unpaired) electrons. The summed E-state index contributed by atoms with van der Waals surface area (Å²) in [5, 5.41) is 4.44. The second-order valence-corrected chi connectivity index (χ2v) is 9.28. The highest BCUT2D eigenvalue weighted by Crippen LogP contribution is 2.43. The van der Waals surface area contributed by atoms with Crippen molar-refractivity contribution >= 4 is 32.4 Å². The summed E-state index contributed by atoms with van der Waals surface area (Å²) in [6, 6.07) is 18.2. The zero-order chi connectivity index (χ0) is 20.6. The normalized spacial score (nSPS) is 15.4. The van der Waals surface area contributed by atoms with E-state index < -0.39 is 16.1 Å². The Morgan fingerprint density at radius 1 is 1.07 bits per heavy atom. The van der Waals surface area contributed by atoms with Gasteiger partial charge in [0.25, 0.3) is 10.0 Å². The third-order valence-corrected chi connectivity index (χ3v) is 7.30. The van der Waals surface area contributed by atoms with Gasteiger partial charge in [-0.3, -0.25) is 9.10 Å². The minimum atomic E-state index is -3.75. The fourth-order valence-corrected chi connectivity index (χ4v) is 5.83. The molecule has 150 valence electrons. The second kappa shape index (κ2) is 7.52. The predicted octanol–water partition coefficient (Wildman–Crippen LogP) is 3.79. The largest absolute Gasteiger partial charge is 0.354 e. The number of carbonyl (C=O) groups is 1. The number of benzene rings is 3. The molecular weight excluding hydrogens is 384 g/mol. The van der Waals surface area contributed by atoms with Gasteiger partial charge in [0.15, 0.2) is 0 Å². The Morgan fingerprint density at radius 2 is 1.79 bits per heavy atom. The summed E-state index contributed by atoms with van der Waals surface area (Å²) < 4.78 is 27.5. The zero-order valence-electron chi connectivity index (χ0n) is 16.6. The van der Waals surface area contributed by atoms with Crippen molar-refractivity contribution in [3.05, 3.63) is 71.8 Å². The molecular formula is C23H24N2O3S. The average molecular weight is 409 g/mol. The number of amides is 1. The standard InChI is InChI=1S/C23H24N2O3S/c1-16-7-3-8-18(15-16)9-6-14-24-23(26)17(2)25-20-12-4-10-19-11-5-13-21(22(19)20)29(25,27)28/h3-5,7-8,10-13,15,17H,6,9,14H2,1-2H3,(H,24,26)/t17-/m0/s1.